The van der Waals surface area contributed by atoms with Gasteiger partial charge in [0.25, 0.3) is 5.91 Å². The molecule has 0 bridgehead atoms. The van der Waals surface area contributed by atoms with E-state index in [-0.39, 0.29) is 24.4 Å². The van der Waals surface area contributed by atoms with Gasteiger partial charge in [0.15, 0.2) is 0 Å². The first-order valence-corrected chi connectivity index (χ1v) is 11.1. The van der Waals surface area contributed by atoms with Gasteiger partial charge in [0.2, 0.25) is 0 Å². The van der Waals surface area contributed by atoms with E-state index in [9.17, 15) is 4.79 Å². The van der Waals surface area contributed by atoms with Crippen molar-refractivity contribution in [2.75, 3.05) is 26.7 Å². The largest absolute Gasteiger partial charge is 0.489 e. The molecule has 31 heavy (non-hydrogen) atoms. The lowest BCUT2D eigenvalue weighted by Gasteiger charge is -2.37. The van der Waals surface area contributed by atoms with E-state index >= 15 is 0 Å². The molecule has 1 saturated heterocycles. The first-order valence-electron chi connectivity index (χ1n) is 10.8. The third-order valence-corrected chi connectivity index (χ3v) is 6.68. The van der Waals surface area contributed by atoms with Crippen molar-refractivity contribution in [3.63, 3.8) is 0 Å². The standard InChI is InChI=1S/C23H30ClN3O3.ClH/c1-15-21(16(2)30-25-15)23(28)26(3)13-17-11-19(12-17)29-20-8-6-7-18(22(20)24)14-27-9-4-5-10-27;/h6-8,17,19H,4-5,9-14H2,1-3H3;1H. The van der Waals surface area contributed by atoms with Crippen LogP contribution in [0.2, 0.25) is 5.02 Å². The van der Waals surface area contributed by atoms with Gasteiger partial charge in [-0.2, -0.15) is 0 Å². The molecule has 2 aromatic rings. The second-order valence-corrected chi connectivity index (χ2v) is 9.05. The van der Waals surface area contributed by atoms with Crippen LogP contribution in [-0.2, 0) is 6.54 Å². The summed E-state index contributed by atoms with van der Waals surface area (Å²) in [6, 6.07) is 6.07. The maximum atomic E-state index is 12.7. The van der Waals surface area contributed by atoms with Gasteiger partial charge in [0, 0.05) is 20.1 Å². The van der Waals surface area contributed by atoms with Crippen molar-refractivity contribution >= 4 is 29.9 Å². The molecule has 1 saturated carbocycles. The molecule has 0 radical (unpaired) electrons. The number of ether oxygens (including phenoxy) is 1. The van der Waals surface area contributed by atoms with Crippen molar-refractivity contribution < 1.29 is 14.1 Å². The summed E-state index contributed by atoms with van der Waals surface area (Å²) in [4.78, 5) is 16.9. The van der Waals surface area contributed by atoms with Gasteiger partial charge in [-0.1, -0.05) is 28.9 Å². The van der Waals surface area contributed by atoms with E-state index in [0.29, 0.717) is 29.5 Å². The van der Waals surface area contributed by atoms with E-state index in [2.05, 4.69) is 16.1 Å². The van der Waals surface area contributed by atoms with Crippen molar-refractivity contribution in [1.82, 2.24) is 15.0 Å². The Kier molecular flexibility index (Phi) is 7.89. The number of aromatic nitrogens is 1. The lowest BCUT2D eigenvalue weighted by Crippen LogP contribution is -2.42. The molecule has 170 valence electrons. The Morgan fingerprint density at radius 1 is 1.29 bits per heavy atom. The smallest absolute Gasteiger partial charge is 0.259 e. The first-order chi connectivity index (χ1) is 14.4. The molecule has 1 amide bonds. The molecule has 4 rings (SSSR count). The van der Waals surface area contributed by atoms with E-state index in [1.54, 1.807) is 18.7 Å². The molecule has 0 spiro atoms. The molecular weight excluding hydrogens is 437 g/mol. The maximum absolute atomic E-state index is 12.7. The Balaban J connectivity index is 0.00000272. The van der Waals surface area contributed by atoms with E-state index in [1.807, 2.05) is 19.2 Å². The molecule has 8 heteroatoms. The Labute approximate surface area is 195 Å². The molecule has 6 nitrogen and oxygen atoms in total. The normalized spacial score (nSPS) is 20.8. The van der Waals surface area contributed by atoms with E-state index in [0.717, 1.165) is 48.8 Å². The maximum Gasteiger partial charge on any atom is 0.259 e. The van der Waals surface area contributed by atoms with E-state index < -0.39 is 0 Å². The highest BCUT2D eigenvalue weighted by Gasteiger charge is 2.34. The SMILES string of the molecule is Cc1noc(C)c1C(=O)N(C)CC1CC(Oc2cccc(CN3CCCC3)c2Cl)C1.Cl. The second-order valence-electron chi connectivity index (χ2n) is 8.67. The number of hydrogen-bond acceptors (Lipinski definition) is 5. The van der Waals surface area contributed by atoms with E-state index in [1.165, 1.54) is 12.8 Å². The van der Waals surface area contributed by atoms with Crippen LogP contribution in [-0.4, -0.2) is 53.6 Å². The van der Waals surface area contributed by atoms with Gasteiger partial charge in [-0.05, 0) is 70.2 Å². The zero-order valence-corrected chi connectivity index (χ0v) is 20.0. The molecule has 2 fully saturated rings. The molecule has 1 aliphatic heterocycles. The van der Waals surface area contributed by atoms with Gasteiger partial charge in [0.05, 0.1) is 16.8 Å². The molecule has 2 aliphatic rings. The summed E-state index contributed by atoms with van der Waals surface area (Å²) in [5, 5.41) is 4.62. The van der Waals surface area contributed by atoms with Crippen LogP contribution >= 0.6 is 24.0 Å². The summed E-state index contributed by atoms with van der Waals surface area (Å²) < 4.78 is 11.3. The van der Waals surface area contributed by atoms with Gasteiger partial charge in [-0.15, -0.1) is 12.4 Å². The highest BCUT2D eigenvalue weighted by atomic mass is 35.5. The Morgan fingerprint density at radius 2 is 2.00 bits per heavy atom. The summed E-state index contributed by atoms with van der Waals surface area (Å²) in [5.41, 5.74) is 2.35. The fourth-order valence-corrected chi connectivity index (χ4v) is 4.73. The third kappa shape index (κ3) is 5.36. The first kappa shape index (κ1) is 23.9. The van der Waals surface area contributed by atoms with Crippen LogP contribution < -0.4 is 4.74 Å². The lowest BCUT2D eigenvalue weighted by atomic mass is 9.82. The van der Waals surface area contributed by atoms with Crippen molar-refractivity contribution in [1.29, 1.82) is 0 Å². The summed E-state index contributed by atoms with van der Waals surface area (Å²) in [6.45, 7) is 7.45. The monoisotopic (exact) mass is 467 g/mol. The fourth-order valence-electron chi connectivity index (χ4n) is 4.50. The summed E-state index contributed by atoms with van der Waals surface area (Å²) >= 11 is 6.64. The number of likely N-dealkylation sites (tertiary alicyclic amines) is 1. The van der Waals surface area contributed by atoms with Crippen LogP contribution in [0.25, 0.3) is 0 Å². The predicted octanol–water partition coefficient (Wildman–Crippen LogP) is 4.89. The minimum Gasteiger partial charge on any atom is -0.489 e. The van der Waals surface area contributed by atoms with Crippen LogP contribution in [0.3, 0.4) is 0 Å². The third-order valence-electron chi connectivity index (χ3n) is 6.25. The lowest BCUT2D eigenvalue weighted by molar-refractivity contribution is 0.0418. The molecule has 0 N–H and O–H groups in total. The Bertz CT molecular complexity index is 886. The molecule has 1 aromatic heterocycles. The number of carbonyl (C=O) groups excluding carboxylic acids is 1. The molecule has 0 unspecified atom stereocenters. The summed E-state index contributed by atoms with van der Waals surface area (Å²) in [5.74, 6) is 1.74. The predicted molar refractivity (Wildman–Crippen MR) is 123 cm³/mol. The Hall–Kier alpha value is -1.76. The number of halogens is 2. The fraction of sp³-hybridized carbons (Fsp3) is 0.565. The van der Waals surface area contributed by atoms with Gasteiger partial charge < -0.3 is 14.2 Å². The van der Waals surface area contributed by atoms with Crippen LogP contribution in [0, 0.1) is 19.8 Å². The van der Waals surface area contributed by atoms with E-state index in [4.69, 9.17) is 20.9 Å². The van der Waals surface area contributed by atoms with Crippen molar-refractivity contribution in [2.45, 2.75) is 52.2 Å². The Morgan fingerprint density at radius 3 is 2.65 bits per heavy atom. The van der Waals surface area contributed by atoms with Gasteiger partial charge >= 0.3 is 0 Å². The van der Waals surface area contributed by atoms with Gasteiger partial charge in [-0.3, -0.25) is 9.69 Å². The molecule has 1 aromatic carbocycles. The highest BCUT2D eigenvalue weighted by Crippen LogP contribution is 2.36. The topological polar surface area (TPSA) is 58.8 Å². The number of aryl methyl sites for hydroxylation is 2. The summed E-state index contributed by atoms with van der Waals surface area (Å²) in [7, 11) is 1.83. The average Bonchev–Trinajstić information content (AvgIpc) is 3.31. The minimum atomic E-state index is -0.0340. The molecular formula is C23H31Cl2N3O3. The number of benzene rings is 1. The second kappa shape index (κ2) is 10.2. The number of hydrogen-bond donors (Lipinski definition) is 0. The zero-order valence-electron chi connectivity index (χ0n) is 18.4. The highest BCUT2D eigenvalue weighted by molar-refractivity contribution is 6.32. The average molecular weight is 468 g/mol. The van der Waals surface area contributed by atoms with Crippen molar-refractivity contribution in [2.24, 2.45) is 5.92 Å². The number of nitrogens with zero attached hydrogens (tertiary/aromatic N) is 3. The van der Waals surface area contributed by atoms with Crippen LogP contribution in [0.4, 0.5) is 0 Å². The van der Waals surface area contributed by atoms with Crippen LogP contribution in [0.5, 0.6) is 5.75 Å². The van der Waals surface area contributed by atoms with Gasteiger partial charge in [-0.25, -0.2) is 0 Å². The van der Waals surface area contributed by atoms with Crippen LogP contribution in [0.15, 0.2) is 22.7 Å². The molecule has 0 atom stereocenters. The zero-order chi connectivity index (χ0) is 21.3. The summed E-state index contributed by atoms with van der Waals surface area (Å²) in [6.07, 6.45) is 4.53. The van der Waals surface area contributed by atoms with Gasteiger partial charge in [0.1, 0.15) is 17.1 Å². The molecule has 2 heterocycles. The van der Waals surface area contributed by atoms with Crippen molar-refractivity contribution in [3.8, 4) is 5.75 Å². The molecule has 1 aliphatic carbocycles. The minimum absolute atomic E-state index is 0. The quantitative estimate of drug-likeness (QED) is 0.579. The number of carbonyl (C=O) groups is 1. The van der Waals surface area contributed by atoms with Crippen molar-refractivity contribution in [3.05, 3.63) is 45.8 Å². The number of amides is 1. The number of rotatable bonds is 7. The van der Waals surface area contributed by atoms with Crippen LogP contribution in [0.1, 0.15) is 53.1 Å².